The van der Waals surface area contributed by atoms with Gasteiger partial charge in [0, 0.05) is 18.0 Å². The van der Waals surface area contributed by atoms with Gasteiger partial charge in [-0.05, 0) is 37.1 Å². The van der Waals surface area contributed by atoms with Crippen molar-refractivity contribution in [2.75, 3.05) is 7.11 Å². The summed E-state index contributed by atoms with van der Waals surface area (Å²) in [6.07, 6.45) is 1.23. The fourth-order valence-electron chi connectivity index (χ4n) is 1.57. The largest absolute Gasteiger partial charge is 0.497 e. The molecule has 0 aliphatic heterocycles. The smallest absolute Gasteiger partial charge is 0.164 e. The van der Waals surface area contributed by atoms with Crippen molar-refractivity contribution in [1.82, 2.24) is 0 Å². The molecule has 1 unspecified atom stereocenters. The topological polar surface area (TPSA) is 52.3 Å². The maximum atomic E-state index is 11.9. The zero-order valence-electron chi connectivity index (χ0n) is 10.1. The lowest BCUT2D eigenvalue weighted by Crippen LogP contribution is -2.23. The number of methoxy groups -OCH3 is 1. The summed E-state index contributed by atoms with van der Waals surface area (Å²) < 4.78 is 5.10. The molecule has 88 valence electrons. The number of Topliss-reactive ketones (excluding diaryl/α,β-unsaturated/α-hetero) is 1. The van der Waals surface area contributed by atoms with Crippen molar-refractivity contribution in [2.45, 2.75) is 32.7 Å². The third-order valence-electron chi connectivity index (χ3n) is 2.71. The maximum Gasteiger partial charge on any atom is 0.164 e. The quantitative estimate of drug-likeness (QED) is 0.776. The van der Waals surface area contributed by atoms with Gasteiger partial charge < -0.3 is 10.5 Å². The molecule has 0 fully saturated rings. The molecular formula is C13H19NO2. The Hall–Kier alpha value is -1.35. The summed E-state index contributed by atoms with van der Waals surface area (Å²) in [5.74, 6) is 0.878. The van der Waals surface area contributed by atoms with Crippen molar-refractivity contribution in [3.63, 3.8) is 0 Å². The predicted molar refractivity (Wildman–Crippen MR) is 64.9 cm³/mol. The third kappa shape index (κ3) is 3.07. The molecule has 2 N–H and O–H groups in total. The molecule has 1 aromatic carbocycles. The van der Waals surface area contributed by atoms with Gasteiger partial charge in [0.25, 0.3) is 0 Å². The summed E-state index contributed by atoms with van der Waals surface area (Å²) in [6, 6.07) is 5.43. The summed E-state index contributed by atoms with van der Waals surface area (Å²) in [7, 11) is 1.61. The van der Waals surface area contributed by atoms with E-state index in [0.717, 1.165) is 23.3 Å². The van der Waals surface area contributed by atoms with E-state index in [1.54, 1.807) is 19.2 Å². The summed E-state index contributed by atoms with van der Waals surface area (Å²) in [4.78, 5) is 11.9. The second kappa shape index (κ2) is 5.66. The first-order chi connectivity index (χ1) is 7.58. The number of rotatable bonds is 5. The van der Waals surface area contributed by atoms with Crippen LogP contribution in [0, 0.1) is 6.92 Å². The van der Waals surface area contributed by atoms with Crippen LogP contribution in [0.5, 0.6) is 5.75 Å². The summed E-state index contributed by atoms with van der Waals surface area (Å²) in [5.41, 5.74) is 7.45. The Morgan fingerprint density at radius 1 is 1.50 bits per heavy atom. The van der Waals surface area contributed by atoms with Crippen LogP contribution in [0.1, 0.15) is 35.7 Å². The highest BCUT2D eigenvalue weighted by Gasteiger charge is 2.12. The first-order valence-corrected chi connectivity index (χ1v) is 5.52. The van der Waals surface area contributed by atoms with Crippen LogP contribution < -0.4 is 10.5 Å². The van der Waals surface area contributed by atoms with Crippen molar-refractivity contribution < 1.29 is 9.53 Å². The normalized spacial score (nSPS) is 12.2. The predicted octanol–water partition coefficient (Wildman–Crippen LogP) is 2.31. The van der Waals surface area contributed by atoms with Gasteiger partial charge in [-0.25, -0.2) is 0 Å². The minimum absolute atomic E-state index is 0.0472. The van der Waals surface area contributed by atoms with E-state index in [2.05, 4.69) is 0 Å². The molecule has 0 aromatic heterocycles. The monoisotopic (exact) mass is 221 g/mol. The van der Waals surface area contributed by atoms with E-state index < -0.39 is 0 Å². The number of ether oxygens (including phenoxy) is 1. The van der Waals surface area contributed by atoms with Crippen LogP contribution in [0.15, 0.2) is 18.2 Å². The lowest BCUT2D eigenvalue weighted by atomic mass is 9.99. The van der Waals surface area contributed by atoms with Crippen molar-refractivity contribution in [2.24, 2.45) is 5.73 Å². The molecule has 0 aliphatic carbocycles. The van der Waals surface area contributed by atoms with E-state index in [1.165, 1.54) is 0 Å². The van der Waals surface area contributed by atoms with Gasteiger partial charge in [-0.2, -0.15) is 0 Å². The van der Waals surface area contributed by atoms with Gasteiger partial charge >= 0.3 is 0 Å². The zero-order chi connectivity index (χ0) is 12.1. The number of benzene rings is 1. The summed E-state index contributed by atoms with van der Waals surface area (Å²) >= 11 is 0. The molecule has 1 aromatic rings. The molecule has 0 heterocycles. The van der Waals surface area contributed by atoms with Gasteiger partial charge in [-0.1, -0.05) is 6.92 Å². The molecular weight excluding hydrogens is 202 g/mol. The number of carbonyl (C=O) groups excluding carboxylic acids is 1. The van der Waals surface area contributed by atoms with Crippen LogP contribution in [0.2, 0.25) is 0 Å². The van der Waals surface area contributed by atoms with Crippen molar-refractivity contribution in [3.05, 3.63) is 29.3 Å². The van der Waals surface area contributed by atoms with Gasteiger partial charge in [0.15, 0.2) is 5.78 Å². The highest BCUT2D eigenvalue weighted by Crippen LogP contribution is 2.18. The van der Waals surface area contributed by atoms with Gasteiger partial charge in [-0.3, -0.25) is 4.79 Å². The molecule has 0 spiro atoms. The average Bonchev–Trinajstić information content (AvgIpc) is 2.28. The highest BCUT2D eigenvalue weighted by molar-refractivity contribution is 5.97. The Labute approximate surface area is 96.6 Å². The second-order valence-corrected chi connectivity index (χ2v) is 3.98. The van der Waals surface area contributed by atoms with E-state index in [9.17, 15) is 4.79 Å². The Morgan fingerprint density at radius 2 is 2.19 bits per heavy atom. The molecule has 16 heavy (non-hydrogen) atoms. The number of carbonyl (C=O) groups is 1. The van der Waals surface area contributed by atoms with E-state index in [-0.39, 0.29) is 11.8 Å². The Bertz CT molecular complexity index is 374. The summed E-state index contributed by atoms with van der Waals surface area (Å²) in [6.45, 7) is 3.89. The molecule has 3 heteroatoms. The first-order valence-electron chi connectivity index (χ1n) is 5.52. The van der Waals surface area contributed by atoms with E-state index >= 15 is 0 Å². The lowest BCUT2D eigenvalue weighted by Gasteiger charge is -2.10. The fraction of sp³-hybridized carbons (Fsp3) is 0.462. The number of hydrogen-bond acceptors (Lipinski definition) is 3. The minimum Gasteiger partial charge on any atom is -0.497 e. The van der Waals surface area contributed by atoms with Crippen molar-refractivity contribution >= 4 is 5.78 Å². The minimum atomic E-state index is -0.0472. The van der Waals surface area contributed by atoms with Crippen LogP contribution >= 0.6 is 0 Å². The van der Waals surface area contributed by atoms with Crippen LogP contribution in [0.4, 0.5) is 0 Å². The van der Waals surface area contributed by atoms with Crippen molar-refractivity contribution in [3.8, 4) is 5.75 Å². The molecule has 0 aliphatic rings. The summed E-state index contributed by atoms with van der Waals surface area (Å²) in [5, 5.41) is 0. The van der Waals surface area contributed by atoms with Crippen LogP contribution in [0.3, 0.4) is 0 Å². The van der Waals surface area contributed by atoms with Gasteiger partial charge in [0.05, 0.1) is 7.11 Å². The number of hydrogen-bond donors (Lipinski definition) is 1. The second-order valence-electron chi connectivity index (χ2n) is 3.98. The van der Waals surface area contributed by atoms with Crippen LogP contribution in [-0.4, -0.2) is 18.9 Å². The van der Waals surface area contributed by atoms with E-state index in [4.69, 9.17) is 10.5 Å². The fourth-order valence-corrected chi connectivity index (χ4v) is 1.57. The van der Waals surface area contributed by atoms with Crippen LogP contribution in [0.25, 0.3) is 0 Å². The molecule has 0 saturated heterocycles. The molecule has 0 saturated carbocycles. The first kappa shape index (κ1) is 12.7. The van der Waals surface area contributed by atoms with Crippen molar-refractivity contribution in [1.29, 1.82) is 0 Å². The Balaban J connectivity index is 2.84. The van der Waals surface area contributed by atoms with Gasteiger partial charge in [0.2, 0.25) is 0 Å². The van der Waals surface area contributed by atoms with E-state index in [0.29, 0.717) is 6.42 Å². The number of ketones is 1. The molecule has 0 bridgehead atoms. The SMILES string of the molecule is CCC(N)CC(=O)c1ccc(OC)cc1C. The van der Waals surface area contributed by atoms with Gasteiger partial charge in [-0.15, -0.1) is 0 Å². The standard InChI is InChI=1S/C13H19NO2/c1-4-10(14)8-13(15)12-6-5-11(16-3)7-9(12)2/h5-7,10H,4,8,14H2,1-3H3. The number of aryl methyl sites for hydroxylation is 1. The highest BCUT2D eigenvalue weighted by atomic mass is 16.5. The van der Waals surface area contributed by atoms with Gasteiger partial charge in [0.1, 0.15) is 5.75 Å². The molecule has 1 rings (SSSR count). The Kier molecular flexibility index (Phi) is 4.50. The molecule has 1 atom stereocenters. The van der Waals surface area contributed by atoms with Crippen LogP contribution in [-0.2, 0) is 0 Å². The number of nitrogens with two attached hydrogens (primary N) is 1. The molecule has 3 nitrogen and oxygen atoms in total. The lowest BCUT2D eigenvalue weighted by molar-refractivity contribution is 0.0973. The average molecular weight is 221 g/mol. The third-order valence-corrected chi connectivity index (χ3v) is 2.71. The zero-order valence-corrected chi connectivity index (χ0v) is 10.1. The molecule has 0 radical (unpaired) electrons. The van der Waals surface area contributed by atoms with E-state index in [1.807, 2.05) is 19.9 Å². The Morgan fingerprint density at radius 3 is 2.69 bits per heavy atom. The maximum absolute atomic E-state index is 11.9. The molecule has 0 amide bonds.